The van der Waals surface area contributed by atoms with Crippen molar-refractivity contribution in [3.05, 3.63) is 29.8 Å². The Hall–Kier alpha value is -1.76. The third-order valence-electron chi connectivity index (χ3n) is 3.44. The van der Waals surface area contributed by atoms with Crippen LogP contribution in [0.25, 0.3) is 0 Å². The molecule has 1 heterocycles. The van der Waals surface area contributed by atoms with Crippen molar-refractivity contribution < 1.29 is 22.7 Å². The molecule has 22 heavy (non-hydrogen) atoms. The van der Waals surface area contributed by atoms with Gasteiger partial charge in [0.15, 0.2) is 0 Å². The van der Waals surface area contributed by atoms with Crippen LogP contribution in [0.15, 0.2) is 24.3 Å². The summed E-state index contributed by atoms with van der Waals surface area (Å²) in [5, 5.41) is 5.71. The molecular weight excluding hydrogens is 297 g/mol. The van der Waals surface area contributed by atoms with E-state index in [9.17, 15) is 18.0 Å². The Labute approximate surface area is 127 Å². The smallest absolute Gasteiger partial charge is 0.385 e. The molecular formula is C15H19F3N2O2. The Bertz CT molecular complexity index is 483. The van der Waals surface area contributed by atoms with Crippen molar-refractivity contribution in [2.75, 3.05) is 25.0 Å². The molecule has 1 aromatic carbocycles. The number of alkyl halides is 3. The summed E-state index contributed by atoms with van der Waals surface area (Å²) >= 11 is 0. The fourth-order valence-electron chi connectivity index (χ4n) is 2.22. The molecule has 1 saturated heterocycles. The van der Waals surface area contributed by atoms with Crippen LogP contribution in [-0.4, -0.2) is 31.7 Å². The number of anilines is 1. The fourth-order valence-corrected chi connectivity index (χ4v) is 2.22. The Morgan fingerprint density at radius 3 is 2.59 bits per heavy atom. The number of carbonyl (C=O) groups is 1. The van der Waals surface area contributed by atoms with Gasteiger partial charge in [0.1, 0.15) is 0 Å². The van der Waals surface area contributed by atoms with E-state index in [1.165, 1.54) is 12.1 Å². The first-order chi connectivity index (χ1) is 10.4. The van der Waals surface area contributed by atoms with Crippen LogP contribution < -0.4 is 10.6 Å². The van der Waals surface area contributed by atoms with Gasteiger partial charge in [-0.3, -0.25) is 4.79 Å². The molecule has 4 nitrogen and oxygen atoms in total. The lowest BCUT2D eigenvalue weighted by atomic mass is 10.2. The largest absolute Gasteiger partial charge is 0.416 e. The van der Waals surface area contributed by atoms with Gasteiger partial charge in [-0.05, 0) is 37.1 Å². The molecule has 1 aliphatic rings. The third-order valence-corrected chi connectivity index (χ3v) is 3.44. The molecule has 0 spiro atoms. The van der Waals surface area contributed by atoms with E-state index < -0.39 is 11.7 Å². The summed E-state index contributed by atoms with van der Waals surface area (Å²) in [4.78, 5) is 11.6. The second kappa shape index (κ2) is 7.49. The Kier molecular flexibility index (Phi) is 5.65. The van der Waals surface area contributed by atoms with Gasteiger partial charge in [-0.25, -0.2) is 0 Å². The molecule has 1 aromatic rings. The number of hydrogen-bond acceptors (Lipinski definition) is 3. The van der Waals surface area contributed by atoms with E-state index in [2.05, 4.69) is 10.6 Å². The number of hydrogen-bond donors (Lipinski definition) is 2. The predicted molar refractivity (Wildman–Crippen MR) is 76.5 cm³/mol. The molecule has 1 fully saturated rings. The summed E-state index contributed by atoms with van der Waals surface area (Å²) in [5.74, 6) is -0.102. The van der Waals surface area contributed by atoms with Gasteiger partial charge in [0, 0.05) is 31.8 Å². The number of amides is 1. The molecule has 122 valence electrons. The van der Waals surface area contributed by atoms with Crippen molar-refractivity contribution >= 4 is 11.6 Å². The quantitative estimate of drug-likeness (QED) is 0.848. The van der Waals surface area contributed by atoms with Gasteiger partial charge >= 0.3 is 6.18 Å². The maximum atomic E-state index is 12.4. The number of carbonyl (C=O) groups excluding carboxylic acids is 1. The minimum Gasteiger partial charge on any atom is -0.385 e. The van der Waals surface area contributed by atoms with Crippen LogP contribution in [0.5, 0.6) is 0 Å². The first kappa shape index (κ1) is 16.6. The van der Waals surface area contributed by atoms with Gasteiger partial charge in [0.2, 0.25) is 5.91 Å². The van der Waals surface area contributed by atoms with Crippen molar-refractivity contribution in [3.63, 3.8) is 0 Å². The lowest BCUT2D eigenvalue weighted by Crippen LogP contribution is -2.32. The van der Waals surface area contributed by atoms with E-state index in [0.717, 1.165) is 31.6 Å². The third kappa shape index (κ3) is 5.22. The van der Waals surface area contributed by atoms with Crippen LogP contribution in [0.2, 0.25) is 0 Å². The average molecular weight is 316 g/mol. The molecule has 1 atom stereocenters. The molecule has 2 N–H and O–H groups in total. The first-order valence-electron chi connectivity index (χ1n) is 7.24. The van der Waals surface area contributed by atoms with E-state index in [1.807, 2.05) is 0 Å². The summed E-state index contributed by atoms with van der Waals surface area (Å²) < 4.78 is 42.6. The maximum Gasteiger partial charge on any atom is 0.416 e. The number of nitrogens with one attached hydrogen (secondary N) is 2. The van der Waals surface area contributed by atoms with Crippen molar-refractivity contribution in [2.24, 2.45) is 0 Å². The number of halogens is 3. The van der Waals surface area contributed by atoms with E-state index in [-0.39, 0.29) is 18.4 Å². The van der Waals surface area contributed by atoms with Crippen LogP contribution in [0.4, 0.5) is 18.9 Å². The van der Waals surface area contributed by atoms with E-state index >= 15 is 0 Å². The monoisotopic (exact) mass is 316 g/mol. The molecule has 0 aromatic heterocycles. The van der Waals surface area contributed by atoms with Gasteiger partial charge < -0.3 is 15.4 Å². The Morgan fingerprint density at radius 2 is 2.00 bits per heavy atom. The van der Waals surface area contributed by atoms with Gasteiger partial charge in [-0.15, -0.1) is 0 Å². The normalized spacial score (nSPS) is 18.2. The van der Waals surface area contributed by atoms with Gasteiger partial charge in [0.05, 0.1) is 11.7 Å². The van der Waals surface area contributed by atoms with Crippen LogP contribution in [0, 0.1) is 0 Å². The lowest BCUT2D eigenvalue weighted by molar-refractivity contribution is -0.137. The number of benzene rings is 1. The molecule has 1 amide bonds. The predicted octanol–water partition coefficient (Wildman–Crippen LogP) is 2.80. The van der Waals surface area contributed by atoms with Crippen molar-refractivity contribution in [3.8, 4) is 0 Å². The zero-order valence-corrected chi connectivity index (χ0v) is 12.1. The highest BCUT2D eigenvalue weighted by molar-refractivity contribution is 5.76. The summed E-state index contributed by atoms with van der Waals surface area (Å²) in [6.45, 7) is 1.62. The molecule has 7 heteroatoms. The van der Waals surface area contributed by atoms with Crippen molar-refractivity contribution in [2.45, 2.75) is 31.5 Å². The van der Waals surface area contributed by atoms with Crippen LogP contribution in [0.1, 0.15) is 24.8 Å². The molecule has 2 rings (SSSR count). The lowest BCUT2D eigenvalue weighted by Gasteiger charge is -2.12. The highest BCUT2D eigenvalue weighted by Crippen LogP contribution is 2.29. The van der Waals surface area contributed by atoms with Crippen molar-refractivity contribution in [1.82, 2.24) is 5.32 Å². The standard InChI is InChI=1S/C15H19F3N2O2/c16-15(17,18)11-3-5-12(6-4-11)19-8-7-14(21)20-10-13-2-1-9-22-13/h3-6,13,19H,1-2,7-10H2,(H,20,21). The van der Waals surface area contributed by atoms with Crippen molar-refractivity contribution in [1.29, 1.82) is 0 Å². The summed E-state index contributed by atoms with van der Waals surface area (Å²) in [6, 6.07) is 4.74. The average Bonchev–Trinajstić information content (AvgIpc) is 2.98. The molecule has 0 radical (unpaired) electrons. The van der Waals surface area contributed by atoms with Gasteiger partial charge in [-0.2, -0.15) is 13.2 Å². The molecule has 0 saturated carbocycles. The highest BCUT2D eigenvalue weighted by Gasteiger charge is 2.29. The second-order valence-electron chi connectivity index (χ2n) is 5.19. The molecule has 1 unspecified atom stereocenters. The minimum absolute atomic E-state index is 0.102. The van der Waals surface area contributed by atoms with Crippen LogP contribution in [0.3, 0.4) is 0 Å². The SMILES string of the molecule is O=C(CCNc1ccc(C(F)(F)F)cc1)NCC1CCCO1. The number of ether oxygens (including phenoxy) is 1. The number of rotatable bonds is 6. The zero-order valence-electron chi connectivity index (χ0n) is 12.1. The zero-order chi connectivity index (χ0) is 16.0. The maximum absolute atomic E-state index is 12.4. The molecule has 0 bridgehead atoms. The summed E-state index contributed by atoms with van der Waals surface area (Å²) in [6.07, 6.45) is -1.99. The molecule has 0 aliphatic carbocycles. The Morgan fingerprint density at radius 1 is 1.27 bits per heavy atom. The van der Waals surface area contributed by atoms with Gasteiger partial charge in [-0.1, -0.05) is 0 Å². The first-order valence-corrected chi connectivity index (χ1v) is 7.24. The highest BCUT2D eigenvalue weighted by atomic mass is 19.4. The van der Waals surface area contributed by atoms with Crippen LogP contribution in [-0.2, 0) is 15.7 Å². The summed E-state index contributed by atoms with van der Waals surface area (Å²) in [5.41, 5.74) is -0.132. The van der Waals surface area contributed by atoms with E-state index in [1.54, 1.807) is 0 Å². The fraction of sp³-hybridized carbons (Fsp3) is 0.533. The molecule has 1 aliphatic heterocycles. The van der Waals surface area contributed by atoms with Gasteiger partial charge in [0.25, 0.3) is 0 Å². The minimum atomic E-state index is -4.33. The van der Waals surface area contributed by atoms with Crippen LogP contribution >= 0.6 is 0 Å². The topological polar surface area (TPSA) is 50.4 Å². The summed E-state index contributed by atoms with van der Waals surface area (Å²) in [7, 11) is 0. The second-order valence-corrected chi connectivity index (χ2v) is 5.19. The Balaban J connectivity index is 1.66. The van der Waals surface area contributed by atoms with E-state index in [4.69, 9.17) is 4.74 Å². The van der Waals surface area contributed by atoms with E-state index in [0.29, 0.717) is 18.8 Å².